The minimum absolute atomic E-state index is 0.0892. The summed E-state index contributed by atoms with van der Waals surface area (Å²) in [4.78, 5) is 19.2. The van der Waals surface area contributed by atoms with Crippen molar-refractivity contribution in [3.63, 3.8) is 0 Å². The number of nitrogens with one attached hydrogen (secondary N) is 1. The number of thioether (sulfide) groups is 1. The first kappa shape index (κ1) is 15.6. The molecule has 1 heterocycles. The summed E-state index contributed by atoms with van der Waals surface area (Å²) in [5.41, 5.74) is -1.07. The molecule has 3 nitrogen and oxygen atoms in total. The number of nitrogens with zero attached hydrogens (tertiary/aromatic N) is 1. The van der Waals surface area contributed by atoms with Crippen LogP contribution in [0.1, 0.15) is 5.56 Å². The van der Waals surface area contributed by atoms with E-state index in [1.807, 2.05) is 0 Å². The van der Waals surface area contributed by atoms with Crippen molar-refractivity contribution in [2.24, 2.45) is 0 Å². The Morgan fingerprint density at radius 1 is 1.13 bits per heavy atom. The fraction of sp³-hybridized carbons (Fsp3) is 0.125. The molecule has 2 aromatic carbocycles. The summed E-state index contributed by atoms with van der Waals surface area (Å²) in [6, 6.07) is 10.5. The zero-order valence-corrected chi connectivity index (χ0v) is 12.8. The maximum absolute atomic E-state index is 13.3. The van der Waals surface area contributed by atoms with Crippen LogP contribution in [0.25, 0.3) is 22.3 Å². The first-order valence-corrected chi connectivity index (χ1v) is 7.87. The highest BCUT2D eigenvalue weighted by atomic mass is 32.2. The van der Waals surface area contributed by atoms with Crippen LogP contribution in [-0.4, -0.2) is 16.2 Å². The zero-order valence-electron chi connectivity index (χ0n) is 11.9. The molecule has 0 aliphatic rings. The van der Waals surface area contributed by atoms with Gasteiger partial charge in [0, 0.05) is 10.5 Å². The molecular weight excluding hydrogens is 325 g/mol. The van der Waals surface area contributed by atoms with Crippen molar-refractivity contribution in [3.05, 3.63) is 58.4 Å². The Morgan fingerprint density at radius 3 is 2.57 bits per heavy atom. The molecule has 0 saturated heterocycles. The Balaban J connectivity index is 2.28. The molecular formula is C16H11F3N2OS. The van der Waals surface area contributed by atoms with Gasteiger partial charge in [-0.25, -0.2) is 4.98 Å². The lowest BCUT2D eigenvalue weighted by molar-refractivity contribution is -0.137. The number of rotatable bonds is 2. The number of fused-ring (bicyclic) bond motifs is 1. The Hall–Kier alpha value is -2.28. The van der Waals surface area contributed by atoms with Crippen LogP contribution in [0.2, 0.25) is 0 Å². The Labute approximate surface area is 133 Å². The smallest absolute Gasteiger partial charge is 0.306 e. The lowest BCUT2D eigenvalue weighted by atomic mass is 10.1. The van der Waals surface area contributed by atoms with E-state index in [1.165, 1.54) is 17.8 Å². The maximum atomic E-state index is 13.3. The molecule has 0 unspecified atom stereocenters. The molecule has 0 fully saturated rings. The van der Waals surface area contributed by atoms with Crippen molar-refractivity contribution in [3.8, 4) is 11.4 Å². The summed E-state index contributed by atoms with van der Waals surface area (Å²) in [5.74, 6) is -0.0892. The van der Waals surface area contributed by atoms with Crippen LogP contribution in [-0.2, 0) is 6.18 Å². The summed E-state index contributed by atoms with van der Waals surface area (Å²) >= 11 is 1.22. The molecule has 0 atom stereocenters. The second-order valence-electron chi connectivity index (χ2n) is 4.84. The average molecular weight is 336 g/mol. The van der Waals surface area contributed by atoms with Gasteiger partial charge >= 0.3 is 6.18 Å². The van der Waals surface area contributed by atoms with E-state index in [0.717, 1.165) is 6.07 Å². The number of aromatic amines is 1. The fourth-order valence-electron chi connectivity index (χ4n) is 2.31. The molecule has 0 spiro atoms. The Morgan fingerprint density at radius 2 is 1.87 bits per heavy atom. The molecule has 118 valence electrons. The third-order valence-corrected chi connectivity index (χ3v) is 4.13. The number of aromatic nitrogens is 2. The van der Waals surface area contributed by atoms with Gasteiger partial charge in [0.25, 0.3) is 5.56 Å². The highest BCUT2D eigenvalue weighted by Gasteiger charge is 2.34. The van der Waals surface area contributed by atoms with Crippen molar-refractivity contribution in [2.75, 3.05) is 6.26 Å². The third-order valence-electron chi connectivity index (χ3n) is 3.40. The lowest BCUT2D eigenvalue weighted by Gasteiger charge is -2.14. The van der Waals surface area contributed by atoms with Gasteiger partial charge in [-0.15, -0.1) is 11.8 Å². The predicted octanol–water partition coefficient (Wildman–Crippen LogP) is 4.33. The largest absolute Gasteiger partial charge is 0.417 e. The normalized spacial score (nSPS) is 11.8. The van der Waals surface area contributed by atoms with Crippen molar-refractivity contribution in [2.45, 2.75) is 11.1 Å². The average Bonchev–Trinajstić information content (AvgIpc) is 2.53. The quantitative estimate of drug-likeness (QED) is 0.709. The lowest BCUT2D eigenvalue weighted by Crippen LogP contribution is -2.13. The van der Waals surface area contributed by atoms with Gasteiger partial charge in [0.2, 0.25) is 0 Å². The number of para-hydroxylation sites is 1. The van der Waals surface area contributed by atoms with E-state index in [4.69, 9.17) is 0 Å². The molecule has 1 N–H and O–H groups in total. The van der Waals surface area contributed by atoms with Gasteiger partial charge in [-0.1, -0.05) is 12.1 Å². The first-order valence-electron chi connectivity index (χ1n) is 6.65. The van der Waals surface area contributed by atoms with Crippen LogP contribution in [0.4, 0.5) is 13.2 Å². The van der Waals surface area contributed by atoms with Gasteiger partial charge in [-0.2, -0.15) is 13.2 Å². The monoisotopic (exact) mass is 336 g/mol. The minimum atomic E-state index is -4.54. The van der Waals surface area contributed by atoms with E-state index in [2.05, 4.69) is 9.97 Å². The van der Waals surface area contributed by atoms with Crippen molar-refractivity contribution in [1.29, 1.82) is 0 Å². The number of hydrogen-bond donors (Lipinski definition) is 1. The number of benzene rings is 2. The summed E-state index contributed by atoms with van der Waals surface area (Å²) < 4.78 is 40.0. The second-order valence-corrected chi connectivity index (χ2v) is 5.72. The number of H-pyrrole nitrogens is 1. The van der Waals surface area contributed by atoms with Crippen molar-refractivity contribution >= 4 is 22.7 Å². The summed E-state index contributed by atoms with van der Waals surface area (Å²) in [7, 11) is 0. The fourth-order valence-corrected chi connectivity index (χ4v) is 2.75. The van der Waals surface area contributed by atoms with Gasteiger partial charge in [-0.3, -0.25) is 4.79 Å². The van der Waals surface area contributed by atoms with E-state index in [0.29, 0.717) is 15.8 Å². The molecule has 1 aromatic heterocycles. The molecule has 3 rings (SSSR count). The third kappa shape index (κ3) is 2.96. The molecule has 7 heteroatoms. The number of alkyl halides is 3. The van der Waals surface area contributed by atoms with Crippen LogP contribution in [0.15, 0.2) is 52.2 Å². The van der Waals surface area contributed by atoms with Gasteiger partial charge in [0.15, 0.2) is 0 Å². The van der Waals surface area contributed by atoms with Gasteiger partial charge in [-0.05, 0) is 36.6 Å². The van der Waals surface area contributed by atoms with E-state index < -0.39 is 17.3 Å². The first-order chi connectivity index (χ1) is 10.9. The molecule has 0 bridgehead atoms. The van der Waals surface area contributed by atoms with Gasteiger partial charge < -0.3 is 4.98 Å². The SMILES string of the molecule is CSc1ccc(-c2nc3ccccc3c(=O)[nH]2)c(C(F)(F)F)c1. The summed E-state index contributed by atoms with van der Waals surface area (Å²) in [5, 5.41) is 0.338. The Kier molecular flexibility index (Phi) is 3.89. The topological polar surface area (TPSA) is 45.8 Å². The standard InChI is InChI=1S/C16H11F3N2OS/c1-23-9-6-7-10(12(8-9)16(17,18)19)14-20-13-5-3-2-4-11(13)15(22)21-14/h2-8H,1H3,(H,20,21,22). The van der Waals surface area contributed by atoms with E-state index in [1.54, 1.807) is 36.6 Å². The molecule has 0 aliphatic carbocycles. The van der Waals surface area contributed by atoms with Crippen LogP contribution < -0.4 is 5.56 Å². The summed E-state index contributed by atoms with van der Waals surface area (Å²) in [6.45, 7) is 0. The minimum Gasteiger partial charge on any atom is -0.306 e. The van der Waals surface area contributed by atoms with Crippen LogP contribution in [0.5, 0.6) is 0 Å². The predicted molar refractivity (Wildman–Crippen MR) is 84.6 cm³/mol. The second kappa shape index (κ2) is 5.73. The zero-order chi connectivity index (χ0) is 16.6. The molecule has 23 heavy (non-hydrogen) atoms. The molecule has 0 radical (unpaired) electrons. The van der Waals surface area contributed by atoms with Crippen LogP contribution in [0.3, 0.4) is 0 Å². The molecule has 0 aliphatic heterocycles. The van der Waals surface area contributed by atoms with Gasteiger partial charge in [0.05, 0.1) is 16.5 Å². The highest BCUT2D eigenvalue weighted by Crippen LogP contribution is 2.38. The molecule has 0 saturated carbocycles. The van der Waals surface area contributed by atoms with Gasteiger partial charge in [0.1, 0.15) is 5.82 Å². The molecule has 0 amide bonds. The van der Waals surface area contributed by atoms with E-state index in [9.17, 15) is 18.0 Å². The maximum Gasteiger partial charge on any atom is 0.417 e. The van der Waals surface area contributed by atoms with Crippen LogP contribution >= 0.6 is 11.8 Å². The van der Waals surface area contributed by atoms with Crippen LogP contribution in [0, 0.1) is 0 Å². The van der Waals surface area contributed by atoms with E-state index in [-0.39, 0.29) is 11.4 Å². The Bertz CT molecular complexity index is 934. The summed E-state index contributed by atoms with van der Waals surface area (Å²) in [6.07, 6.45) is -2.84. The number of halogens is 3. The van der Waals surface area contributed by atoms with E-state index >= 15 is 0 Å². The highest BCUT2D eigenvalue weighted by molar-refractivity contribution is 7.98. The number of hydrogen-bond acceptors (Lipinski definition) is 3. The molecule has 3 aromatic rings. The van der Waals surface area contributed by atoms with Crippen molar-refractivity contribution < 1.29 is 13.2 Å². The van der Waals surface area contributed by atoms with Crippen molar-refractivity contribution in [1.82, 2.24) is 9.97 Å².